The van der Waals surface area contributed by atoms with Crippen LogP contribution in [0.2, 0.25) is 0 Å². The number of carbonyl (C=O) groups is 3. The highest BCUT2D eigenvalue weighted by atomic mass is 32.2. The lowest BCUT2D eigenvalue weighted by Gasteiger charge is -2.10. The van der Waals surface area contributed by atoms with Gasteiger partial charge in [0.15, 0.2) is 5.25 Å². The Kier molecular flexibility index (Phi) is 2.77. The first-order chi connectivity index (χ1) is 6.73. The van der Waals surface area contributed by atoms with Crippen LogP contribution in [0.5, 0.6) is 0 Å². The second-order valence-electron chi connectivity index (χ2n) is 2.82. The minimum Gasteiger partial charge on any atom is -0.331 e. The van der Waals surface area contributed by atoms with E-state index in [4.69, 9.17) is 4.55 Å². The standard InChI is InChI=1S/C6H7NO7S/c1-3(8)14-7-5(9)2-4(6(7)10)15(11,12)13/h4H,2H2,1H3,(H,11,12,13)/t4-/m1/s1. The normalized spacial score (nSPS) is 22.0. The molecule has 0 aromatic rings. The fourth-order valence-electron chi connectivity index (χ4n) is 1.04. The summed E-state index contributed by atoms with van der Waals surface area (Å²) in [5, 5.41) is -1.84. The van der Waals surface area contributed by atoms with Gasteiger partial charge in [0.2, 0.25) is 0 Å². The minimum atomic E-state index is -4.66. The van der Waals surface area contributed by atoms with Crippen molar-refractivity contribution in [1.29, 1.82) is 0 Å². The van der Waals surface area contributed by atoms with Crippen LogP contribution in [0.15, 0.2) is 0 Å². The van der Waals surface area contributed by atoms with Gasteiger partial charge < -0.3 is 4.84 Å². The number of hydrogen-bond acceptors (Lipinski definition) is 6. The molecule has 0 aromatic carbocycles. The Morgan fingerprint density at radius 1 is 1.53 bits per heavy atom. The summed E-state index contributed by atoms with van der Waals surface area (Å²) in [7, 11) is -4.66. The van der Waals surface area contributed by atoms with E-state index >= 15 is 0 Å². The lowest BCUT2D eigenvalue weighted by molar-refractivity contribution is -0.195. The van der Waals surface area contributed by atoms with E-state index in [1.165, 1.54) is 0 Å². The van der Waals surface area contributed by atoms with E-state index in [0.29, 0.717) is 0 Å². The Balaban J connectivity index is 2.94. The van der Waals surface area contributed by atoms with Gasteiger partial charge in [-0.1, -0.05) is 0 Å². The maximum Gasteiger partial charge on any atom is 0.330 e. The number of hydroxylamine groups is 2. The highest BCUT2D eigenvalue weighted by Gasteiger charge is 2.48. The zero-order valence-electron chi connectivity index (χ0n) is 7.54. The number of nitrogens with zero attached hydrogens (tertiary/aromatic N) is 1. The SMILES string of the molecule is CC(=O)ON1C(=O)C[C@@H](S(=O)(=O)O)C1=O. The van der Waals surface area contributed by atoms with Gasteiger partial charge in [-0.25, -0.2) is 4.79 Å². The van der Waals surface area contributed by atoms with Crippen molar-refractivity contribution < 1.29 is 32.2 Å². The van der Waals surface area contributed by atoms with E-state index in [-0.39, 0.29) is 5.06 Å². The molecule has 9 heteroatoms. The maximum absolute atomic E-state index is 11.2. The van der Waals surface area contributed by atoms with E-state index in [0.717, 1.165) is 6.92 Å². The summed E-state index contributed by atoms with van der Waals surface area (Å²) in [4.78, 5) is 36.9. The lowest BCUT2D eigenvalue weighted by Crippen LogP contribution is -2.36. The van der Waals surface area contributed by atoms with Gasteiger partial charge in [-0.15, -0.1) is 5.06 Å². The zero-order valence-corrected chi connectivity index (χ0v) is 8.35. The Morgan fingerprint density at radius 3 is 2.40 bits per heavy atom. The predicted octanol–water partition coefficient (Wildman–Crippen LogP) is -1.52. The van der Waals surface area contributed by atoms with Crippen molar-refractivity contribution in [2.24, 2.45) is 0 Å². The summed E-state index contributed by atoms with van der Waals surface area (Å²) in [6.45, 7) is 0.946. The number of rotatable bonds is 2. The van der Waals surface area contributed by atoms with Gasteiger partial charge in [0.25, 0.3) is 21.9 Å². The molecule has 0 aliphatic carbocycles. The molecule has 1 fully saturated rings. The van der Waals surface area contributed by atoms with E-state index in [1.807, 2.05) is 0 Å². The van der Waals surface area contributed by atoms with E-state index in [2.05, 4.69) is 4.84 Å². The molecule has 0 bridgehead atoms. The van der Waals surface area contributed by atoms with Gasteiger partial charge in [0, 0.05) is 6.92 Å². The van der Waals surface area contributed by atoms with Crippen LogP contribution in [0, 0.1) is 0 Å². The first-order valence-electron chi connectivity index (χ1n) is 3.75. The third kappa shape index (κ3) is 2.30. The first-order valence-corrected chi connectivity index (χ1v) is 5.25. The van der Waals surface area contributed by atoms with Crippen LogP contribution in [0.4, 0.5) is 0 Å². The summed E-state index contributed by atoms with van der Waals surface area (Å²) >= 11 is 0. The highest BCUT2D eigenvalue weighted by molar-refractivity contribution is 7.87. The molecule has 1 rings (SSSR count). The van der Waals surface area contributed by atoms with Crippen LogP contribution >= 0.6 is 0 Å². The van der Waals surface area contributed by atoms with Gasteiger partial charge in [-0.05, 0) is 0 Å². The molecule has 2 amide bonds. The summed E-state index contributed by atoms with van der Waals surface area (Å²) in [5.41, 5.74) is 0. The summed E-state index contributed by atoms with van der Waals surface area (Å²) in [6, 6.07) is 0. The van der Waals surface area contributed by atoms with Crippen molar-refractivity contribution in [2.45, 2.75) is 18.6 Å². The predicted molar refractivity (Wildman–Crippen MR) is 43.6 cm³/mol. The van der Waals surface area contributed by atoms with Crippen molar-refractivity contribution in [3.05, 3.63) is 0 Å². The summed E-state index contributed by atoms with van der Waals surface area (Å²) < 4.78 is 29.9. The van der Waals surface area contributed by atoms with Crippen molar-refractivity contribution in [3.63, 3.8) is 0 Å². The van der Waals surface area contributed by atoms with E-state index < -0.39 is 39.6 Å². The van der Waals surface area contributed by atoms with Gasteiger partial charge in [-0.3, -0.25) is 14.1 Å². The summed E-state index contributed by atoms with van der Waals surface area (Å²) in [6.07, 6.45) is -0.731. The number of imide groups is 1. The molecule has 0 unspecified atom stereocenters. The first kappa shape index (κ1) is 11.6. The van der Waals surface area contributed by atoms with E-state index in [1.54, 1.807) is 0 Å². The van der Waals surface area contributed by atoms with Crippen LogP contribution in [-0.2, 0) is 29.3 Å². The van der Waals surface area contributed by atoms with Crippen LogP contribution < -0.4 is 0 Å². The number of carbonyl (C=O) groups excluding carboxylic acids is 3. The second-order valence-corrected chi connectivity index (χ2v) is 4.42. The van der Waals surface area contributed by atoms with Gasteiger partial charge in [0.1, 0.15) is 0 Å². The van der Waals surface area contributed by atoms with Crippen molar-refractivity contribution in [1.82, 2.24) is 5.06 Å². The third-order valence-corrected chi connectivity index (χ3v) is 2.73. The van der Waals surface area contributed by atoms with Crippen LogP contribution in [0.25, 0.3) is 0 Å². The Bertz CT molecular complexity index is 425. The van der Waals surface area contributed by atoms with Crippen LogP contribution in [0.3, 0.4) is 0 Å². The molecule has 15 heavy (non-hydrogen) atoms. The van der Waals surface area contributed by atoms with Crippen molar-refractivity contribution in [2.75, 3.05) is 0 Å². The quantitative estimate of drug-likeness (QED) is 0.457. The fraction of sp³-hybridized carbons (Fsp3) is 0.500. The Labute approximate surface area is 84.5 Å². The molecular formula is C6H7NO7S. The van der Waals surface area contributed by atoms with Gasteiger partial charge in [0.05, 0.1) is 6.42 Å². The average Bonchev–Trinajstić information content (AvgIpc) is 2.30. The molecule has 1 atom stereocenters. The number of amides is 2. The van der Waals surface area contributed by atoms with Crippen LogP contribution in [0.1, 0.15) is 13.3 Å². The molecule has 84 valence electrons. The summed E-state index contributed by atoms with van der Waals surface area (Å²) in [5.74, 6) is -3.19. The second kappa shape index (κ2) is 3.59. The maximum atomic E-state index is 11.2. The molecule has 8 nitrogen and oxygen atoms in total. The zero-order chi connectivity index (χ0) is 11.8. The molecular weight excluding hydrogens is 230 g/mol. The van der Waals surface area contributed by atoms with E-state index in [9.17, 15) is 22.8 Å². The molecule has 0 radical (unpaired) electrons. The molecule has 0 spiro atoms. The van der Waals surface area contributed by atoms with Crippen molar-refractivity contribution >= 4 is 27.9 Å². The van der Waals surface area contributed by atoms with Crippen LogP contribution in [-0.4, -0.2) is 41.1 Å². The van der Waals surface area contributed by atoms with Gasteiger partial charge >= 0.3 is 5.97 Å². The average molecular weight is 237 g/mol. The molecule has 1 aliphatic rings. The molecule has 0 saturated carbocycles. The fourth-order valence-corrected chi connectivity index (χ4v) is 1.74. The minimum absolute atomic E-state index is 0.0424. The smallest absolute Gasteiger partial charge is 0.330 e. The Morgan fingerprint density at radius 2 is 2.07 bits per heavy atom. The molecule has 1 aliphatic heterocycles. The Hall–Kier alpha value is -1.48. The third-order valence-electron chi connectivity index (χ3n) is 1.64. The molecule has 1 heterocycles. The highest BCUT2D eigenvalue weighted by Crippen LogP contribution is 2.19. The lowest BCUT2D eigenvalue weighted by atomic mass is 10.4. The molecule has 0 aromatic heterocycles. The molecule has 1 saturated heterocycles. The molecule has 1 N–H and O–H groups in total. The van der Waals surface area contributed by atoms with Gasteiger partial charge in [-0.2, -0.15) is 8.42 Å². The topological polar surface area (TPSA) is 118 Å². The monoisotopic (exact) mass is 237 g/mol. The largest absolute Gasteiger partial charge is 0.331 e. The van der Waals surface area contributed by atoms with Crippen molar-refractivity contribution in [3.8, 4) is 0 Å². The number of hydrogen-bond donors (Lipinski definition) is 1.